The van der Waals surface area contributed by atoms with Crippen molar-refractivity contribution in [2.45, 2.75) is 26.3 Å². The lowest BCUT2D eigenvalue weighted by Gasteiger charge is -2.25. The maximum atomic E-state index is 12.6. The molecule has 0 saturated heterocycles. The van der Waals surface area contributed by atoms with Crippen LogP contribution in [0.1, 0.15) is 31.0 Å². The summed E-state index contributed by atoms with van der Waals surface area (Å²) in [5.41, 5.74) is 2.39. The Kier molecular flexibility index (Phi) is 7.50. The Hall–Kier alpha value is -2.74. The van der Waals surface area contributed by atoms with Gasteiger partial charge in [0.25, 0.3) is 0 Å². The van der Waals surface area contributed by atoms with Crippen LogP contribution >= 0.6 is 0 Å². The van der Waals surface area contributed by atoms with E-state index < -0.39 is 15.9 Å². The quantitative estimate of drug-likeness (QED) is 0.674. The van der Waals surface area contributed by atoms with Crippen LogP contribution in [0, 0.1) is 0 Å². The third kappa shape index (κ3) is 5.87. The average molecular weight is 421 g/mol. The van der Waals surface area contributed by atoms with Gasteiger partial charge in [-0.2, -0.15) is 0 Å². The molecule has 0 heterocycles. The van der Waals surface area contributed by atoms with Crippen molar-refractivity contribution in [1.29, 1.82) is 0 Å². The number of anilines is 1. The fourth-order valence-corrected chi connectivity index (χ4v) is 3.77. The predicted molar refractivity (Wildman–Crippen MR) is 114 cm³/mol. The number of sulfonamides is 1. The van der Waals surface area contributed by atoms with Crippen LogP contribution in [-0.4, -0.2) is 41.3 Å². The molecule has 7 nitrogen and oxygen atoms in total. The third-order valence-electron chi connectivity index (χ3n) is 4.61. The molecule has 0 bridgehead atoms. The van der Waals surface area contributed by atoms with E-state index in [2.05, 4.69) is 12.2 Å². The zero-order valence-corrected chi connectivity index (χ0v) is 18.2. The van der Waals surface area contributed by atoms with Crippen molar-refractivity contribution in [2.75, 3.05) is 31.3 Å². The fraction of sp³-hybridized carbons (Fsp3) is 0.381. The van der Waals surface area contributed by atoms with Gasteiger partial charge in [0, 0.05) is 6.07 Å². The number of nitrogens with zero attached hydrogens (tertiary/aromatic N) is 1. The first-order valence-electron chi connectivity index (χ1n) is 9.27. The molecule has 0 aliphatic carbocycles. The van der Waals surface area contributed by atoms with E-state index >= 15 is 0 Å². The summed E-state index contributed by atoms with van der Waals surface area (Å²) in [7, 11) is -0.824. The second-order valence-electron chi connectivity index (χ2n) is 6.69. The molecule has 8 heteroatoms. The van der Waals surface area contributed by atoms with Gasteiger partial charge in [0.05, 0.1) is 32.2 Å². The van der Waals surface area contributed by atoms with Crippen LogP contribution in [-0.2, 0) is 21.2 Å². The summed E-state index contributed by atoms with van der Waals surface area (Å²) in [4.78, 5) is 12.6. The largest absolute Gasteiger partial charge is 0.497 e. The van der Waals surface area contributed by atoms with Gasteiger partial charge in [0.15, 0.2) is 0 Å². The molecule has 0 fully saturated rings. The molecule has 2 rings (SSSR count). The van der Waals surface area contributed by atoms with Crippen molar-refractivity contribution in [3.8, 4) is 11.5 Å². The number of amides is 1. The summed E-state index contributed by atoms with van der Waals surface area (Å²) in [6, 6.07) is 12.5. The Bertz CT molecular complexity index is 942. The molecule has 1 N–H and O–H groups in total. The molecule has 0 aliphatic heterocycles. The lowest BCUT2D eigenvalue weighted by Crippen LogP contribution is -2.41. The third-order valence-corrected chi connectivity index (χ3v) is 5.73. The van der Waals surface area contributed by atoms with Gasteiger partial charge < -0.3 is 14.8 Å². The number of rotatable bonds is 9. The number of carbonyl (C=O) groups is 1. The van der Waals surface area contributed by atoms with Crippen LogP contribution in [0.2, 0.25) is 0 Å². The number of benzene rings is 2. The molecule has 0 aliphatic rings. The number of carbonyl (C=O) groups excluding carboxylic acids is 1. The van der Waals surface area contributed by atoms with Crippen molar-refractivity contribution >= 4 is 21.6 Å². The Balaban J connectivity index is 2.23. The van der Waals surface area contributed by atoms with Crippen LogP contribution in [0.25, 0.3) is 0 Å². The number of methoxy groups -OCH3 is 2. The van der Waals surface area contributed by atoms with E-state index in [4.69, 9.17) is 9.47 Å². The van der Waals surface area contributed by atoms with Gasteiger partial charge in [-0.3, -0.25) is 9.10 Å². The van der Waals surface area contributed by atoms with Gasteiger partial charge in [-0.25, -0.2) is 8.42 Å². The lowest BCUT2D eigenvalue weighted by molar-refractivity contribution is -0.120. The van der Waals surface area contributed by atoms with Crippen molar-refractivity contribution < 1.29 is 22.7 Å². The zero-order valence-electron chi connectivity index (χ0n) is 17.4. The van der Waals surface area contributed by atoms with Crippen molar-refractivity contribution in [3.05, 3.63) is 53.6 Å². The molecule has 2 aromatic rings. The van der Waals surface area contributed by atoms with Crippen LogP contribution in [0.5, 0.6) is 11.5 Å². The highest BCUT2D eigenvalue weighted by Crippen LogP contribution is 2.33. The molecule has 2 aromatic carbocycles. The smallest absolute Gasteiger partial charge is 0.241 e. The molecule has 1 atom stereocenters. The highest BCUT2D eigenvalue weighted by atomic mass is 32.2. The topological polar surface area (TPSA) is 84.9 Å². The first kappa shape index (κ1) is 22.5. The molecular weight excluding hydrogens is 392 g/mol. The Morgan fingerprint density at radius 1 is 1.10 bits per heavy atom. The summed E-state index contributed by atoms with van der Waals surface area (Å²) in [5, 5.41) is 2.85. The second-order valence-corrected chi connectivity index (χ2v) is 8.60. The molecule has 0 spiro atoms. The van der Waals surface area contributed by atoms with E-state index in [0.717, 1.165) is 22.5 Å². The van der Waals surface area contributed by atoms with Crippen LogP contribution in [0.15, 0.2) is 42.5 Å². The maximum Gasteiger partial charge on any atom is 0.241 e. The van der Waals surface area contributed by atoms with Crippen LogP contribution < -0.4 is 19.1 Å². The number of hydrogen-bond acceptors (Lipinski definition) is 5. The van der Waals surface area contributed by atoms with E-state index in [0.29, 0.717) is 11.5 Å². The first-order valence-corrected chi connectivity index (χ1v) is 11.1. The summed E-state index contributed by atoms with van der Waals surface area (Å²) < 4.78 is 36.3. The molecule has 0 aromatic heterocycles. The average Bonchev–Trinajstić information content (AvgIpc) is 2.70. The van der Waals surface area contributed by atoms with E-state index in [1.54, 1.807) is 12.1 Å². The Morgan fingerprint density at radius 3 is 2.28 bits per heavy atom. The van der Waals surface area contributed by atoms with Crippen LogP contribution in [0.3, 0.4) is 0 Å². The number of hydrogen-bond donors (Lipinski definition) is 1. The van der Waals surface area contributed by atoms with Crippen molar-refractivity contribution in [2.24, 2.45) is 0 Å². The van der Waals surface area contributed by atoms with Gasteiger partial charge in [-0.15, -0.1) is 0 Å². The summed E-state index contributed by atoms with van der Waals surface area (Å²) in [5.74, 6) is 0.360. The number of aryl methyl sites for hydroxylation is 1. The summed E-state index contributed by atoms with van der Waals surface area (Å²) in [6.07, 6.45) is 1.98. The number of nitrogens with one attached hydrogen (secondary N) is 1. The van der Waals surface area contributed by atoms with Gasteiger partial charge in [0.2, 0.25) is 15.9 Å². The standard InChI is InChI=1S/C21H28N2O5S/c1-6-16-7-9-17(10-8-16)15(2)22-21(24)14-23(29(5,25)26)19-13-18(27-3)11-12-20(19)28-4/h7-13,15H,6,14H2,1-5H3,(H,22,24)/t15-/m0/s1. The maximum absolute atomic E-state index is 12.6. The molecule has 158 valence electrons. The minimum Gasteiger partial charge on any atom is -0.497 e. The van der Waals surface area contributed by atoms with Gasteiger partial charge in [-0.05, 0) is 36.6 Å². The van der Waals surface area contributed by atoms with Gasteiger partial charge in [-0.1, -0.05) is 31.2 Å². The highest BCUT2D eigenvalue weighted by Gasteiger charge is 2.25. The second kappa shape index (κ2) is 9.65. The predicted octanol–water partition coefficient (Wildman–Crippen LogP) is 2.91. The van der Waals surface area contributed by atoms with E-state index in [9.17, 15) is 13.2 Å². The zero-order chi connectivity index (χ0) is 21.6. The van der Waals surface area contributed by atoms with E-state index in [1.807, 2.05) is 31.2 Å². The SMILES string of the molecule is CCc1ccc([C@H](C)NC(=O)CN(c2cc(OC)ccc2OC)S(C)(=O)=O)cc1. The van der Waals surface area contributed by atoms with Gasteiger partial charge >= 0.3 is 0 Å². The summed E-state index contributed by atoms with van der Waals surface area (Å²) >= 11 is 0. The monoisotopic (exact) mass is 420 g/mol. The summed E-state index contributed by atoms with van der Waals surface area (Å²) in [6.45, 7) is 3.56. The Labute approximate surface area is 172 Å². The number of ether oxygens (including phenoxy) is 2. The van der Waals surface area contributed by atoms with Crippen molar-refractivity contribution in [1.82, 2.24) is 5.32 Å². The molecule has 29 heavy (non-hydrogen) atoms. The van der Waals surface area contributed by atoms with E-state index in [1.165, 1.54) is 25.8 Å². The van der Waals surface area contributed by atoms with Crippen LogP contribution in [0.4, 0.5) is 5.69 Å². The molecular formula is C21H28N2O5S. The minimum atomic E-state index is -3.74. The highest BCUT2D eigenvalue weighted by molar-refractivity contribution is 7.92. The van der Waals surface area contributed by atoms with Gasteiger partial charge in [0.1, 0.15) is 18.0 Å². The minimum absolute atomic E-state index is 0.240. The van der Waals surface area contributed by atoms with Crippen molar-refractivity contribution in [3.63, 3.8) is 0 Å². The molecule has 0 radical (unpaired) electrons. The Morgan fingerprint density at radius 2 is 1.76 bits per heavy atom. The normalized spacial score (nSPS) is 12.2. The molecule has 1 amide bonds. The molecule has 0 unspecified atom stereocenters. The first-order chi connectivity index (χ1) is 13.7. The van der Waals surface area contributed by atoms with E-state index in [-0.39, 0.29) is 18.3 Å². The lowest BCUT2D eigenvalue weighted by atomic mass is 10.1. The fourth-order valence-electron chi connectivity index (χ4n) is 2.92. The molecule has 0 saturated carbocycles.